The highest BCUT2D eigenvalue weighted by atomic mass is 16.5. The zero-order valence-electron chi connectivity index (χ0n) is 13.2. The number of furan rings is 1. The summed E-state index contributed by atoms with van der Waals surface area (Å²) >= 11 is 0. The number of hydrogen-bond acceptors (Lipinski definition) is 6. The molecule has 1 aliphatic heterocycles. The van der Waals surface area contributed by atoms with Gasteiger partial charge in [0.1, 0.15) is 5.58 Å². The van der Waals surface area contributed by atoms with E-state index in [1.54, 1.807) is 7.11 Å². The quantitative estimate of drug-likeness (QED) is 0.737. The van der Waals surface area contributed by atoms with E-state index in [2.05, 4.69) is 21.2 Å². The zero-order chi connectivity index (χ0) is 15.8. The number of benzene rings is 1. The highest BCUT2D eigenvalue weighted by Crippen LogP contribution is 2.35. The van der Waals surface area contributed by atoms with Crippen LogP contribution in [0.1, 0.15) is 29.8 Å². The standard InChI is InChI=1S/C17H19N3O3/c1-11-18-19-17(23-11)15-7-13(21-2)9-20(15)8-12-10-22-16-6-4-3-5-14(12)16/h3-6,10,13,15H,7-9H2,1-2H3/t13-,15+/m0/s1. The van der Waals surface area contributed by atoms with Crippen molar-refractivity contribution in [1.82, 2.24) is 15.1 Å². The van der Waals surface area contributed by atoms with Crippen molar-refractivity contribution in [2.24, 2.45) is 0 Å². The Labute approximate surface area is 134 Å². The number of likely N-dealkylation sites (tertiary alicyclic amines) is 1. The van der Waals surface area contributed by atoms with Crippen LogP contribution in [-0.4, -0.2) is 34.9 Å². The summed E-state index contributed by atoms with van der Waals surface area (Å²) in [4.78, 5) is 2.32. The lowest BCUT2D eigenvalue weighted by atomic mass is 10.1. The van der Waals surface area contributed by atoms with E-state index in [0.717, 1.165) is 30.5 Å². The molecule has 4 rings (SSSR count). The SMILES string of the molecule is CO[C@H]1C[C@H](c2nnc(C)o2)N(Cc2coc3ccccc23)C1. The summed E-state index contributed by atoms with van der Waals surface area (Å²) in [5.74, 6) is 1.25. The molecule has 23 heavy (non-hydrogen) atoms. The number of methoxy groups -OCH3 is 1. The van der Waals surface area contributed by atoms with E-state index in [4.69, 9.17) is 13.6 Å². The van der Waals surface area contributed by atoms with Gasteiger partial charge in [0.2, 0.25) is 11.8 Å². The lowest BCUT2D eigenvalue weighted by molar-refractivity contribution is 0.107. The first kappa shape index (κ1) is 14.4. The molecular formula is C17H19N3O3. The molecular weight excluding hydrogens is 294 g/mol. The van der Waals surface area contributed by atoms with E-state index in [9.17, 15) is 0 Å². The van der Waals surface area contributed by atoms with Crippen molar-refractivity contribution in [3.63, 3.8) is 0 Å². The molecule has 1 saturated heterocycles. The van der Waals surface area contributed by atoms with Gasteiger partial charge in [-0.3, -0.25) is 4.90 Å². The Hall–Kier alpha value is -2.18. The predicted molar refractivity (Wildman–Crippen MR) is 83.8 cm³/mol. The monoisotopic (exact) mass is 313 g/mol. The van der Waals surface area contributed by atoms with Crippen LogP contribution in [0.15, 0.2) is 39.4 Å². The molecule has 1 aliphatic rings. The number of nitrogens with zero attached hydrogens (tertiary/aromatic N) is 3. The zero-order valence-corrected chi connectivity index (χ0v) is 13.2. The Morgan fingerprint density at radius 2 is 2.17 bits per heavy atom. The molecule has 0 unspecified atom stereocenters. The van der Waals surface area contributed by atoms with E-state index in [0.29, 0.717) is 11.8 Å². The molecule has 0 saturated carbocycles. The van der Waals surface area contributed by atoms with Crippen LogP contribution < -0.4 is 0 Å². The van der Waals surface area contributed by atoms with Crippen LogP contribution in [-0.2, 0) is 11.3 Å². The first-order valence-electron chi connectivity index (χ1n) is 7.76. The normalized spacial score (nSPS) is 22.2. The van der Waals surface area contributed by atoms with Crippen molar-refractivity contribution in [3.8, 4) is 0 Å². The average molecular weight is 313 g/mol. The number of aryl methyl sites for hydroxylation is 1. The molecule has 3 heterocycles. The summed E-state index contributed by atoms with van der Waals surface area (Å²) in [7, 11) is 1.75. The molecule has 0 radical (unpaired) electrons. The maximum absolute atomic E-state index is 5.65. The molecule has 0 amide bonds. The second kappa shape index (κ2) is 5.79. The van der Waals surface area contributed by atoms with Crippen molar-refractivity contribution in [2.75, 3.05) is 13.7 Å². The first-order chi connectivity index (χ1) is 11.2. The fourth-order valence-electron chi connectivity index (χ4n) is 3.28. The van der Waals surface area contributed by atoms with Gasteiger partial charge in [-0.25, -0.2) is 0 Å². The van der Waals surface area contributed by atoms with Gasteiger partial charge in [-0.05, 0) is 12.5 Å². The smallest absolute Gasteiger partial charge is 0.233 e. The van der Waals surface area contributed by atoms with Crippen LogP contribution in [0.4, 0.5) is 0 Å². The van der Waals surface area contributed by atoms with Gasteiger partial charge in [0.05, 0.1) is 18.4 Å². The maximum atomic E-state index is 5.65. The first-order valence-corrected chi connectivity index (χ1v) is 7.76. The summed E-state index contributed by atoms with van der Waals surface area (Å²) in [6.45, 7) is 3.41. The number of aromatic nitrogens is 2. The Bertz CT molecular complexity index is 810. The Morgan fingerprint density at radius 1 is 1.30 bits per heavy atom. The maximum Gasteiger partial charge on any atom is 0.233 e. The summed E-state index contributed by atoms with van der Waals surface area (Å²) in [6.07, 6.45) is 2.86. The Morgan fingerprint density at radius 3 is 2.96 bits per heavy atom. The fourth-order valence-corrected chi connectivity index (χ4v) is 3.28. The molecule has 1 aromatic carbocycles. The molecule has 0 aliphatic carbocycles. The third-order valence-corrected chi connectivity index (χ3v) is 4.46. The lowest BCUT2D eigenvalue weighted by Crippen LogP contribution is -2.24. The van der Waals surface area contributed by atoms with E-state index in [1.807, 2.05) is 31.4 Å². The van der Waals surface area contributed by atoms with Crippen molar-refractivity contribution in [3.05, 3.63) is 47.9 Å². The average Bonchev–Trinajstić information content (AvgIpc) is 3.27. The van der Waals surface area contributed by atoms with Gasteiger partial charge < -0.3 is 13.6 Å². The lowest BCUT2D eigenvalue weighted by Gasteiger charge is -2.20. The topological polar surface area (TPSA) is 64.5 Å². The predicted octanol–water partition coefficient (Wildman–Crippen LogP) is 3.09. The summed E-state index contributed by atoms with van der Waals surface area (Å²) in [5.41, 5.74) is 2.08. The van der Waals surface area contributed by atoms with E-state index in [1.165, 1.54) is 5.56 Å². The third-order valence-electron chi connectivity index (χ3n) is 4.46. The van der Waals surface area contributed by atoms with Crippen molar-refractivity contribution < 1.29 is 13.6 Å². The summed E-state index contributed by atoms with van der Waals surface area (Å²) < 4.78 is 16.9. The molecule has 0 bridgehead atoms. The van der Waals surface area contributed by atoms with Crippen molar-refractivity contribution in [2.45, 2.75) is 32.0 Å². The number of fused-ring (bicyclic) bond motifs is 1. The van der Waals surface area contributed by atoms with Gasteiger partial charge in [0.15, 0.2) is 0 Å². The summed E-state index contributed by atoms with van der Waals surface area (Å²) in [6, 6.07) is 8.16. The number of rotatable bonds is 4. The fraction of sp³-hybridized carbons (Fsp3) is 0.412. The van der Waals surface area contributed by atoms with Crippen LogP contribution in [0.25, 0.3) is 11.0 Å². The molecule has 120 valence electrons. The molecule has 6 heteroatoms. The van der Waals surface area contributed by atoms with Crippen LogP contribution in [0.5, 0.6) is 0 Å². The second-order valence-electron chi connectivity index (χ2n) is 5.96. The van der Waals surface area contributed by atoms with Gasteiger partial charge in [-0.1, -0.05) is 18.2 Å². The van der Waals surface area contributed by atoms with Crippen LogP contribution in [0, 0.1) is 6.92 Å². The Kier molecular flexibility index (Phi) is 3.63. The van der Waals surface area contributed by atoms with Gasteiger partial charge in [0.25, 0.3) is 0 Å². The molecule has 0 spiro atoms. The minimum atomic E-state index is 0.0785. The molecule has 2 aromatic heterocycles. The largest absolute Gasteiger partial charge is 0.464 e. The molecule has 0 N–H and O–H groups in total. The van der Waals surface area contributed by atoms with Crippen LogP contribution in [0.2, 0.25) is 0 Å². The highest BCUT2D eigenvalue weighted by Gasteiger charge is 2.36. The van der Waals surface area contributed by atoms with E-state index in [-0.39, 0.29) is 12.1 Å². The number of para-hydroxylation sites is 1. The van der Waals surface area contributed by atoms with Crippen LogP contribution >= 0.6 is 0 Å². The highest BCUT2D eigenvalue weighted by molar-refractivity contribution is 5.80. The van der Waals surface area contributed by atoms with Gasteiger partial charge in [-0.2, -0.15) is 0 Å². The van der Waals surface area contributed by atoms with E-state index < -0.39 is 0 Å². The second-order valence-corrected chi connectivity index (χ2v) is 5.96. The molecule has 3 aromatic rings. The molecule has 2 atom stereocenters. The van der Waals surface area contributed by atoms with E-state index >= 15 is 0 Å². The van der Waals surface area contributed by atoms with Crippen molar-refractivity contribution in [1.29, 1.82) is 0 Å². The minimum Gasteiger partial charge on any atom is -0.464 e. The summed E-state index contributed by atoms with van der Waals surface area (Å²) in [5, 5.41) is 9.31. The molecule has 6 nitrogen and oxygen atoms in total. The molecule has 1 fully saturated rings. The van der Waals surface area contributed by atoms with Crippen molar-refractivity contribution >= 4 is 11.0 Å². The van der Waals surface area contributed by atoms with Gasteiger partial charge >= 0.3 is 0 Å². The minimum absolute atomic E-state index is 0.0785. The van der Waals surface area contributed by atoms with Gasteiger partial charge in [0, 0.05) is 38.1 Å². The Balaban J connectivity index is 1.62. The van der Waals surface area contributed by atoms with Crippen LogP contribution in [0.3, 0.4) is 0 Å². The third kappa shape index (κ3) is 2.64. The number of hydrogen-bond donors (Lipinski definition) is 0. The van der Waals surface area contributed by atoms with Gasteiger partial charge in [-0.15, -0.1) is 10.2 Å². The number of ether oxygens (including phenoxy) is 1.